The molecule has 0 saturated carbocycles. The smallest absolute Gasteiger partial charge is 0.310 e. The Morgan fingerprint density at radius 3 is 2.24 bits per heavy atom. The van der Waals surface area contributed by atoms with E-state index >= 15 is 0 Å². The van der Waals surface area contributed by atoms with Gasteiger partial charge in [0.05, 0.1) is 19.4 Å². The summed E-state index contributed by atoms with van der Waals surface area (Å²) < 4.78 is 4.71. The van der Waals surface area contributed by atoms with Crippen LogP contribution >= 0.6 is 11.6 Å². The summed E-state index contributed by atoms with van der Waals surface area (Å²) >= 11 is 5.83. The highest BCUT2D eigenvalue weighted by Crippen LogP contribution is 2.13. The molecule has 0 aliphatic heterocycles. The molecule has 1 aromatic rings. The molecular formula is C16H22ClNO3. The van der Waals surface area contributed by atoms with Gasteiger partial charge in [-0.1, -0.05) is 30.7 Å². The minimum Gasteiger partial charge on any atom is -0.469 e. The molecule has 0 aliphatic rings. The number of hydrogen-bond acceptors (Lipinski definition) is 3. The van der Waals surface area contributed by atoms with Crippen molar-refractivity contribution in [2.45, 2.75) is 33.2 Å². The first-order valence-corrected chi connectivity index (χ1v) is 7.34. The van der Waals surface area contributed by atoms with Crippen LogP contribution < -0.4 is 0 Å². The van der Waals surface area contributed by atoms with Crippen LogP contribution in [0.5, 0.6) is 0 Å². The number of ether oxygens (including phenoxy) is 1. The van der Waals surface area contributed by atoms with Crippen molar-refractivity contribution in [1.29, 1.82) is 0 Å². The highest BCUT2D eigenvalue weighted by molar-refractivity contribution is 6.30. The Labute approximate surface area is 131 Å². The lowest BCUT2D eigenvalue weighted by Gasteiger charge is -2.29. The molecule has 1 amide bonds. The van der Waals surface area contributed by atoms with Crippen LogP contribution in [-0.2, 0) is 20.7 Å². The number of esters is 1. The predicted molar refractivity (Wildman–Crippen MR) is 83.2 cm³/mol. The van der Waals surface area contributed by atoms with Crippen molar-refractivity contribution in [2.75, 3.05) is 13.7 Å². The third-order valence-electron chi connectivity index (χ3n) is 3.29. The monoisotopic (exact) mass is 311 g/mol. The quantitative estimate of drug-likeness (QED) is 0.759. The van der Waals surface area contributed by atoms with E-state index < -0.39 is 0 Å². The second kappa shape index (κ2) is 8.03. The number of halogens is 1. The topological polar surface area (TPSA) is 46.6 Å². The van der Waals surface area contributed by atoms with Crippen molar-refractivity contribution in [3.05, 3.63) is 34.9 Å². The minimum absolute atomic E-state index is 0.0110. The maximum Gasteiger partial charge on any atom is 0.310 e. The number of benzene rings is 1. The second-order valence-corrected chi connectivity index (χ2v) is 5.80. The zero-order valence-electron chi connectivity index (χ0n) is 12.9. The Morgan fingerprint density at radius 2 is 1.76 bits per heavy atom. The molecule has 0 aromatic heterocycles. The van der Waals surface area contributed by atoms with Gasteiger partial charge in [0.2, 0.25) is 5.91 Å². The van der Waals surface area contributed by atoms with E-state index in [1.54, 1.807) is 24.0 Å². The summed E-state index contributed by atoms with van der Waals surface area (Å²) in [5.74, 6) is -0.658. The molecule has 0 saturated heterocycles. The summed E-state index contributed by atoms with van der Waals surface area (Å²) in [6, 6.07) is 7.23. The van der Waals surface area contributed by atoms with Crippen molar-refractivity contribution in [2.24, 2.45) is 5.92 Å². The minimum atomic E-state index is -0.341. The molecule has 1 atom stereocenters. The third-order valence-corrected chi connectivity index (χ3v) is 3.54. The van der Waals surface area contributed by atoms with Crippen LogP contribution in [0.2, 0.25) is 5.02 Å². The SMILES string of the molecule is COC(=O)C(C)CN(C(=O)Cc1ccc(Cl)cc1)C(C)C. The molecule has 1 rings (SSSR count). The molecule has 116 valence electrons. The Kier molecular flexibility index (Phi) is 6.69. The first-order chi connectivity index (χ1) is 9.85. The van der Waals surface area contributed by atoms with Crippen LogP contribution in [-0.4, -0.2) is 36.5 Å². The van der Waals surface area contributed by atoms with Gasteiger partial charge in [0.15, 0.2) is 0 Å². The van der Waals surface area contributed by atoms with Gasteiger partial charge in [-0.3, -0.25) is 9.59 Å². The number of methoxy groups -OCH3 is 1. The molecule has 21 heavy (non-hydrogen) atoms. The average Bonchev–Trinajstić information content (AvgIpc) is 2.45. The number of hydrogen-bond donors (Lipinski definition) is 0. The lowest BCUT2D eigenvalue weighted by molar-refractivity contribution is -0.146. The van der Waals surface area contributed by atoms with Gasteiger partial charge in [-0.05, 0) is 31.5 Å². The standard InChI is InChI=1S/C16H22ClNO3/c1-11(2)18(10-12(3)16(20)21-4)15(19)9-13-5-7-14(17)8-6-13/h5-8,11-12H,9-10H2,1-4H3. The second-order valence-electron chi connectivity index (χ2n) is 5.37. The summed E-state index contributed by atoms with van der Waals surface area (Å²) in [7, 11) is 1.36. The Balaban J connectivity index is 2.73. The fourth-order valence-corrected chi connectivity index (χ4v) is 2.18. The maximum atomic E-state index is 12.4. The lowest BCUT2D eigenvalue weighted by atomic mass is 10.1. The molecule has 0 N–H and O–H groups in total. The summed E-state index contributed by atoms with van der Waals surface area (Å²) in [5.41, 5.74) is 0.903. The van der Waals surface area contributed by atoms with Crippen LogP contribution in [0.1, 0.15) is 26.3 Å². The Morgan fingerprint density at radius 1 is 1.19 bits per heavy atom. The van der Waals surface area contributed by atoms with E-state index in [-0.39, 0.29) is 23.8 Å². The van der Waals surface area contributed by atoms with Crippen LogP contribution in [0.4, 0.5) is 0 Å². The van der Waals surface area contributed by atoms with Crippen LogP contribution in [0, 0.1) is 5.92 Å². The van der Waals surface area contributed by atoms with Gasteiger partial charge in [0, 0.05) is 17.6 Å². The molecule has 1 unspecified atom stereocenters. The zero-order chi connectivity index (χ0) is 16.0. The van der Waals surface area contributed by atoms with Gasteiger partial charge in [-0.2, -0.15) is 0 Å². The molecule has 0 fully saturated rings. The molecule has 0 radical (unpaired) electrons. The summed E-state index contributed by atoms with van der Waals surface area (Å²) in [6.07, 6.45) is 0.295. The number of rotatable bonds is 6. The summed E-state index contributed by atoms with van der Waals surface area (Å²) in [5, 5.41) is 0.645. The molecular weight excluding hydrogens is 290 g/mol. The zero-order valence-corrected chi connectivity index (χ0v) is 13.7. The average molecular weight is 312 g/mol. The van der Waals surface area contributed by atoms with Crippen LogP contribution in [0.25, 0.3) is 0 Å². The van der Waals surface area contributed by atoms with Crippen molar-refractivity contribution in [3.8, 4) is 0 Å². The third kappa shape index (κ3) is 5.38. The molecule has 4 nitrogen and oxygen atoms in total. The largest absolute Gasteiger partial charge is 0.469 e. The first-order valence-electron chi connectivity index (χ1n) is 6.97. The number of carbonyl (C=O) groups excluding carboxylic acids is 2. The van der Waals surface area contributed by atoms with Gasteiger partial charge < -0.3 is 9.64 Å². The van der Waals surface area contributed by atoms with E-state index in [0.717, 1.165) is 5.56 Å². The van der Waals surface area contributed by atoms with E-state index in [2.05, 4.69) is 0 Å². The Hall–Kier alpha value is -1.55. The maximum absolute atomic E-state index is 12.4. The molecule has 1 aromatic carbocycles. The van der Waals surface area contributed by atoms with Gasteiger partial charge >= 0.3 is 5.97 Å². The first kappa shape index (κ1) is 17.5. The molecule has 0 spiro atoms. The number of amides is 1. The lowest BCUT2D eigenvalue weighted by Crippen LogP contribution is -2.42. The Bertz CT molecular complexity index is 485. The summed E-state index contributed by atoms with van der Waals surface area (Å²) in [6.45, 7) is 5.99. The van der Waals surface area contributed by atoms with E-state index in [1.165, 1.54) is 7.11 Å². The number of nitrogens with zero attached hydrogens (tertiary/aromatic N) is 1. The van der Waals surface area contributed by atoms with E-state index in [1.807, 2.05) is 26.0 Å². The van der Waals surface area contributed by atoms with Crippen LogP contribution in [0.3, 0.4) is 0 Å². The van der Waals surface area contributed by atoms with Crippen molar-refractivity contribution >= 4 is 23.5 Å². The normalized spacial score (nSPS) is 12.1. The molecule has 5 heteroatoms. The fourth-order valence-electron chi connectivity index (χ4n) is 2.05. The number of carbonyl (C=O) groups is 2. The fraction of sp³-hybridized carbons (Fsp3) is 0.500. The van der Waals surface area contributed by atoms with Gasteiger partial charge in [-0.15, -0.1) is 0 Å². The summed E-state index contributed by atoms with van der Waals surface area (Å²) in [4.78, 5) is 25.6. The van der Waals surface area contributed by atoms with E-state index in [4.69, 9.17) is 16.3 Å². The van der Waals surface area contributed by atoms with Crippen molar-refractivity contribution < 1.29 is 14.3 Å². The molecule has 0 bridgehead atoms. The molecule has 0 aliphatic carbocycles. The van der Waals surface area contributed by atoms with Crippen molar-refractivity contribution in [3.63, 3.8) is 0 Å². The van der Waals surface area contributed by atoms with Gasteiger partial charge in [0.25, 0.3) is 0 Å². The van der Waals surface area contributed by atoms with Gasteiger partial charge in [0.1, 0.15) is 0 Å². The van der Waals surface area contributed by atoms with Gasteiger partial charge in [-0.25, -0.2) is 0 Å². The molecule has 0 heterocycles. The highest BCUT2D eigenvalue weighted by Gasteiger charge is 2.23. The van der Waals surface area contributed by atoms with Crippen molar-refractivity contribution in [1.82, 2.24) is 4.90 Å². The van der Waals surface area contributed by atoms with E-state index in [0.29, 0.717) is 18.0 Å². The van der Waals surface area contributed by atoms with E-state index in [9.17, 15) is 9.59 Å². The van der Waals surface area contributed by atoms with Crippen LogP contribution in [0.15, 0.2) is 24.3 Å². The predicted octanol–water partition coefficient (Wildman–Crippen LogP) is 2.93. The highest BCUT2D eigenvalue weighted by atomic mass is 35.5.